The smallest absolute Gasteiger partial charge is 0.115 e. The van der Waals surface area contributed by atoms with Crippen molar-refractivity contribution >= 4 is 0 Å². The Balaban J connectivity index is 0.000000431. The fraction of sp³-hybridized carbons (Fsp3) is 0.730. The van der Waals surface area contributed by atoms with Gasteiger partial charge < -0.3 is 0 Å². The van der Waals surface area contributed by atoms with Gasteiger partial charge in [-0.25, -0.2) is 14.6 Å². The second-order valence-electron chi connectivity index (χ2n) is 30.4. The molecule has 0 bridgehead atoms. The summed E-state index contributed by atoms with van der Waals surface area (Å²) >= 11 is 0. The van der Waals surface area contributed by atoms with Crippen LogP contribution in [0.25, 0.3) is 0 Å². The second-order valence-corrected chi connectivity index (χ2v) is 30.4. The van der Waals surface area contributed by atoms with E-state index in [0.29, 0.717) is 10.8 Å². The number of rotatable bonds is 0. The maximum absolute atomic E-state index is 4.80. The van der Waals surface area contributed by atoms with Crippen LogP contribution in [0, 0.1) is 22.7 Å². The highest BCUT2D eigenvalue weighted by Gasteiger charge is 2.40. The van der Waals surface area contributed by atoms with Gasteiger partial charge in [0.15, 0.2) is 0 Å². The van der Waals surface area contributed by atoms with Crippen LogP contribution in [-0.4, -0.2) is 25.3 Å². The number of pyridine rings is 1. The van der Waals surface area contributed by atoms with Crippen LogP contribution in [0.4, 0.5) is 0 Å². The molecule has 4 aromatic rings. The first-order chi connectivity index (χ1) is 30.6. The van der Waals surface area contributed by atoms with Crippen molar-refractivity contribution in [2.24, 2.45) is 22.7 Å². The number of aromatic nitrogens is 5. The highest BCUT2D eigenvalue weighted by molar-refractivity contribution is 5.37. The molecule has 1 saturated carbocycles. The lowest BCUT2D eigenvalue weighted by Crippen LogP contribution is -2.38. The zero-order valence-electron chi connectivity index (χ0n) is 50.8. The van der Waals surface area contributed by atoms with Crippen molar-refractivity contribution in [1.82, 2.24) is 25.3 Å². The van der Waals surface area contributed by atoms with Gasteiger partial charge in [0.2, 0.25) is 0 Å². The maximum atomic E-state index is 4.80. The lowest BCUT2D eigenvalue weighted by molar-refractivity contribution is 0.0335. The molecule has 0 aliphatic heterocycles. The van der Waals surface area contributed by atoms with Gasteiger partial charge in [0.25, 0.3) is 0 Å². The van der Waals surface area contributed by atoms with Crippen molar-refractivity contribution in [3.8, 4) is 0 Å². The molecule has 1 fully saturated rings. The molecular formula is C63H109N5O. The van der Waals surface area contributed by atoms with Crippen molar-refractivity contribution in [3.05, 3.63) is 100 Å². The predicted molar refractivity (Wildman–Crippen MR) is 301 cm³/mol. The molecule has 0 saturated heterocycles. The van der Waals surface area contributed by atoms with Crippen molar-refractivity contribution in [2.75, 3.05) is 0 Å². The topological polar surface area (TPSA) is 77.6 Å². The van der Waals surface area contributed by atoms with E-state index in [4.69, 9.17) is 4.63 Å². The third-order valence-electron chi connectivity index (χ3n) is 13.0. The molecule has 0 amide bonds. The summed E-state index contributed by atoms with van der Waals surface area (Å²) in [6.07, 6.45) is 11.3. The van der Waals surface area contributed by atoms with Gasteiger partial charge in [-0.3, -0.25) is 4.98 Å². The number of nitrogens with zero attached hydrogens (tertiary/aromatic N) is 5. The Kier molecular flexibility index (Phi) is 21.6. The normalized spacial score (nSPS) is 16.6. The molecule has 2 unspecified atom stereocenters. The van der Waals surface area contributed by atoms with E-state index in [0.717, 1.165) is 28.9 Å². The molecule has 0 radical (unpaired) electrons. The van der Waals surface area contributed by atoms with E-state index in [1.807, 2.05) is 18.5 Å². The van der Waals surface area contributed by atoms with E-state index in [9.17, 15) is 0 Å². The minimum Gasteiger partial charge on any atom is -0.260 e. The first-order valence-corrected chi connectivity index (χ1v) is 26.3. The van der Waals surface area contributed by atoms with Crippen LogP contribution in [0.1, 0.15) is 278 Å². The van der Waals surface area contributed by atoms with E-state index in [1.165, 1.54) is 53.6 Å². The minimum atomic E-state index is 0.00259. The van der Waals surface area contributed by atoms with Crippen molar-refractivity contribution in [2.45, 2.75) is 277 Å². The Morgan fingerprint density at radius 3 is 0.957 bits per heavy atom. The summed E-state index contributed by atoms with van der Waals surface area (Å²) in [5.74, 6) is 1.85. The van der Waals surface area contributed by atoms with Crippen LogP contribution >= 0.6 is 0 Å². The van der Waals surface area contributed by atoms with E-state index < -0.39 is 0 Å². The standard InChI is InChI=1S/C14H28.C14H22.C13H21N.C12H20N2.C10H18N2O/c2*1-13(2,3)11-9-7-8-10-12(11)14(4,5)6;1-12(2,3)10-8-7-9-14-11(10)13(4,5)6;1-11(2,3)9-7-13-8-14-10(9)12(4,5)6;1-9(2,3)7-8(10(4,5)6)12-13-11-7/h11-12H,7-10H2,1-6H3;7-10H,1-6H3;7-9H,1-6H3;7-8H,1-6H3;1-6H3. The summed E-state index contributed by atoms with van der Waals surface area (Å²) in [6.45, 7) is 67.3. The molecular weight excluding hydrogens is 843 g/mol. The Bertz CT molecular complexity index is 1810. The molecule has 0 N–H and O–H groups in total. The Hall–Kier alpha value is -3.41. The van der Waals surface area contributed by atoms with Gasteiger partial charge >= 0.3 is 0 Å². The number of hydrogen-bond acceptors (Lipinski definition) is 6. The van der Waals surface area contributed by atoms with Crippen LogP contribution in [0.2, 0.25) is 0 Å². The average molecular weight is 953 g/mol. The van der Waals surface area contributed by atoms with Gasteiger partial charge in [-0.1, -0.05) is 261 Å². The van der Waals surface area contributed by atoms with E-state index >= 15 is 0 Å². The summed E-state index contributed by atoms with van der Waals surface area (Å²) in [4.78, 5) is 13.0. The molecule has 3 aromatic heterocycles. The summed E-state index contributed by atoms with van der Waals surface area (Å²) in [6, 6.07) is 13.0. The lowest BCUT2D eigenvalue weighted by atomic mass is 9.59. The third-order valence-corrected chi connectivity index (χ3v) is 13.0. The van der Waals surface area contributed by atoms with Crippen molar-refractivity contribution in [1.29, 1.82) is 0 Å². The SMILES string of the molecule is CC(C)(C)C1CCCCC1C(C)(C)C.CC(C)(C)c1ccccc1C(C)(C)C.CC(C)(C)c1cccnc1C(C)(C)C.CC(C)(C)c1cncnc1C(C)(C)C.CC(C)(C)c1nonc1C(C)(C)C. The van der Waals surface area contributed by atoms with Gasteiger partial charge in [-0.2, -0.15) is 0 Å². The van der Waals surface area contributed by atoms with E-state index in [1.54, 1.807) is 6.33 Å². The van der Waals surface area contributed by atoms with Crippen LogP contribution in [0.5, 0.6) is 0 Å². The predicted octanol–water partition coefficient (Wildman–Crippen LogP) is 18.6. The van der Waals surface area contributed by atoms with Crippen LogP contribution < -0.4 is 0 Å². The number of hydrogen-bond donors (Lipinski definition) is 0. The van der Waals surface area contributed by atoms with E-state index in [2.05, 4.69) is 263 Å². The summed E-state index contributed by atoms with van der Waals surface area (Å²) in [7, 11) is 0. The fourth-order valence-corrected chi connectivity index (χ4v) is 9.25. The van der Waals surface area contributed by atoms with Gasteiger partial charge in [-0.15, -0.1) is 0 Å². The third kappa shape index (κ3) is 20.7. The molecule has 5 rings (SSSR count). The van der Waals surface area contributed by atoms with Crippen molar-refractivity contribution in [3.63, 3.8) is 0 Å². The molecule has 1 aliphatic carbocycles. The fourth-order valence-electron chi connectivity index (χ4n) is 9.25. The molecule has 69 heavy (non-hydrogen) atoms. The Labute approximate surface area is 427 Å². The Morgan fingerprint density at radius 2 is 0.681 bits per heavy atom. The number of benzene rings is 1. The highest BCUT2D eigenvalue weighted by Crippen LogP contribution is 2.49. The first-order valence-electron chi connectivity index (χ1n) is 26.3. The average Bonchev–Trinajstić information content (AvgIpc) is 3.69. The molecule has 6 heteroatoms. The molecule has 0 spiro atoms. The first kappa shape index (κ1) is 63.6. The zero-order chi connectivity index (χ0) is 54.2. The molecule has 1 aromatic carbocycles. The molecule has 392 valence electrons. The Morgan fingerprint density at radius 1 is 0.362 bits per heavy atom. The largest absolute Gasteiger partial charge is 0.260 e. The molecule has 2 atom stereocenters. The van der Waals surface area contributed by atoms with Gasteiger partial charge in [0.05, 0.1) is 5.69 Å². The summed E-state index contributed by atoms with van der Waals surface area (Å²) in [5.41, 5.74) is 11.8. The van der Waals surface area contributed by atoms with Crippen LogP contribution in [0.3, 0.4) is 0 Å². The zero-order valence-corrected chi connectivity index (χ0v) is 50.8. The van der Waals surface area contributed by atoms with Crippen LogP contribution in [-0.2, 0) is 43.3 Å². The quantitative estimate of drug-likeness (QED) is 0.175. The van der Waals surface area contributed by atoms with Gasteiger partial charge in [0.1, 0.15) is 17.7 Å². The molecule has 1 aliphatic rings. The van der Waals surface area contributed by atoms with E-state index in [-0.39, 0.29) is 43.3 Å². The monoisotopic (exact) mass is 952 g/mol. The lowest BCUT2D eigenvalue weighted by Gasteiger charge is -2.46. The maximum Gasteiger partial charge on any atom is 0.115 e. The van der Waals surface area contributed by atoms with Crippen molar-refractivity contribution < 1.29 is 4.63 Å². The van der Waals surface area contributed by atoms with Gasteiger partial charge in [0, 0.05) is 39.7 Å². The molecule has 6 nitrogen and oxygen atoms in total. The summed E-state index contributed by atoms with van der Waals surface area (Å²) in [5, 5.41) is 7.94. The van der Waals surface area contributed by atoms with Gasteiger partial charge in [-0.05, 0) is 85.5 Å². The summed E-state index contributed by atoms with van der Waals surface area (Å²) < 4.78 is 4.80. The molecule has 3 heterocycles. The highest BCUT2D eigenvalue weighted by atomic mass is 16.6. The second kappa shape index (κ2) is 23.4. The minimum absolute atomic E-state index is 0.00259. The van der Waals surface area contributed by atoms with Crippen LogP contribution in [0.15, 0.2) is 59.7 Å².